The maximum Gasteiger partial charge on any atom is 0.244 e. The van der Waals surface area contributed by atoms with Gasteiger partial charge in [-0.15, -0.1) is 0 Å². The number of benzene rings is 3. The van der Waals surface area contributed by atoms with Crippen LogP contribution in [0.2, 0.25) is 0 Å². The first-order valence-electron chi connectivity index (χ1n) is 17.4. The lowest BCUT2D eigenvalue weighted by Crippen LogP contribution is -2.54. The quantitative estimate of drug-likeness (QED) is 0.201. The van der Waals surface area contributed by atoms with E-state index in [0.29, 0.717) is 12.1 Å². The summed E-state index contributed by atoms with van der Waals surface area (Å²) in [6.07, 6.45) is 9.92. The SMILES string of the molecule is CCC(C)NC(=O)C(Cc1ccccc1)N(Cc1ccc(Br)cc1)C(=O)CN(c1ccc(C23CC4CC(CC(C4)C2)C3)cc1)S(C)(=O)=O. The molecule has 4 aliphatic carbocycles. The maximum atomic E-state index is 14.5. The van der Waals surface area contributed by atoms with E-state index in [2.05, 4.69) is 33.4 Å². The minimum absolute atomic E-state index is 0.0830. The molecule has 7 rings (SSSR count). The lowest BCUT2D eigenvalue weighted by atomic mass is 9.48. The summed E-state index contributed by atoms with van der Waals surface area (Å²) in [6, 6.07) is 24.3. The van der Waals surface area contributed by atoms with Crippen LogP contribution in [0.1, 0.15) is 75.5 Å². The van der Waals surface area contributed by atoms with E-state index in [1.165, 1.54) is 48.4 Å². The summed E-state index contributed by atoms with van der Waals surface area (Å²) >= 11 is 3.48. The predicted molar refractivity (Wildman–Crippen MR) is 195 cm³/mol. The zero-order valence-corrected chi connectivity index (χ0v) is 30.7. The number of amides is 2. The molecule has 0 aliphatic heterocycles. The summed E-state index contributed by atoms with van der Waals surface area (Å²) in [5.74, 6) is 1.72. The van der Waals surface area contributed by atoms with E-state index in [0.717, 1.165) is 46.0 Å². The first-order valence-corrected chi connectivity index (χ1v) is 20.0. The molecule has 256 valence electrons. The van der Waals surface area contributed by atoms with Gasteiger partial charge in [0.25, 0.3) is 0 Å². The third-order valence-electron chi connectivity index (χ3n) is 11.0. The summed E-state index contributed by atoms with van der Waals surface area (Å²) in [4.78, 5) is 29.9. The van der Waals surface area contributed by atoms with Gasteiger partial charge in [0.15, 0.2) is 0 Å². The van der Waals surface area contributed by atoms with Crippen LogP contribution < -0.4 is 9.62 Å². The number of carbonyl (C=O) groups is 2. The molecule has 1 N–H and O–H groups in total. The zero-order valence-electron chi connectivity index (χ0n) is 28.3. The largest absolute Gasteiger partial charge is 0.352 e. The first-order chi connectivity index (χ1) is 22.9. The first kappa shape index (κ1) is 34.7. The van der Waals surface area contributed by atoms with Gasteiger partial charge in [0.2, 0.25) is 21.8 Å². The highest BCUT2D eigenvalue weighted by Gasteiger charge is 2.51. The molecule has 2 unspecified atom stereocenters. The molecule has 0 aromatic heterocycles. The Bertz CT molecular complexity index is 1660. The van der Waals surface area contributed by atoms with Gasteiger partial charge in [-0.1, -0.05) is 77.5 Å². The van der Waals surface area contributed by atoms with Crippen molar-refractivity contribution < 1.29 is 18.0 Å². The van der Waals surface area contributed by atoms with Gasteiger partial charge in [-0.25, -0.2) is 8.42 Å². The number of hydrogen-bond donors (Lipinski definition) is 1. The van der Waals surface area contributed by atoms with Crippen molar-refractivity contribution in [2.24, 2.45) is 17.8 Å². The molecule has 4 saturated carbocycles. The van der Waals surface area contributed by atoms with Gasteiger partial charge in [-0.2, -0.15) is 0 Å². The molecule has 48 heavy (non-hydrogen) atoms. The number of halogens is 1. The van der Waals surface area contributed by atoms with Gasteiger partial charge >= 0.3 is 0 Å². The second-order valence-electron chi connectivity index (χ2n) is 14.7. The molecule has 3 aromatic rings. The molecule has 0 radical (unpaired) electrons. The molecule has 7 nitrogen and oxygen atoms in total. The zero-order chi connectivity index (χ0) is 34.1. The van der Waals surface area contributed by atoms with Crippen LogP contribution in [0.4, 0.5) is 5.69 Å². The Morgan fingerprint density at radius 1 is 0.875 bits per heavy atom. The van der Waals surface area contributed by atoms with Gasteiger partial charge in [0.1, 0.15) is 12.6 Å². The number of carbonyl (C=O) groups excluding carboxylic acids is 2. The van der Waals surface area contributed by atoms with Crippen molar-refractivity contribution in [1.82, 2.24) is 10.2 Å². The summed E-state index contributed by atoms with van der Waals surface area (Å²) in [7, 11) is -3.83. The summed E-state index contributed by atoms with van der Waals surface area (Å²) in [6.45, 7) is 3.69. The molecule has 0 heterocycles. The fraction of sp³-hybridized carbons (Fsp3) is 0.487. The topological polar surface area (TPSA) is 86.8 Å². The van der Waals surface area contributed by atoms with Crippen molar-refractivity contribution >= 4 is 43.5 Å². The molecule has 4 fully saturated rings. The average Bonchev–Trinajstić information content (AvgIpc) is 3.05. The Morgan fingerprint density at radius 2 is 1.46 bits per heavy atom. The Hall–Kier alpha value is -3.17. The van der Waals surface area contributed by atoms with Crippen LogP contribution in [-0.4, -0.2) is 50.0 Å². The van der Waals surface area contributed by atoms with Crippen molar-refractivity contribution in [3.05, 3.63) is 100 Å². The van der Waals surface area contributed by atoms with E-state index in [1.807, 2.05) is 80.6 Å². The smallest absolute Gasteiger partial charge is 0.244 e. The highest BCUT2D eigenvalue weighted by atomic mass is 79.9. The van der Waals surface area contributed by atoms with Crippen LogP contribution in [0.5, 0.6) is 0 Å². The average molecular weight is 735 g/mol. The number of nitrogens with zero attached hydrogens (tertiary/aromatic N) is 2. The van der Waals surface area contributed by atoms with E-state index < -0.39 is 28.5 Å². The number of hydrogen-bond acceptors (Lipinski definition) is 4. The molecule has 4 bridgehead atoms. The van der Waals surface area contributed by atoms with Crippen molar-refractivity contribution in [3.63, 3.8) is 0 Å². The van der Waals surface area contributed by atoms with Crippen molar-refractivity contribution in [2.45, 2.75) is 89.3 Å². The fourth-order valence-corrected chi connectivity index (χ4v) is 9.95. The van der Waals surface area contributed by atoms with Gasteiger partial charge in [-0.3, -0.25) is 13.9 Å². The third kappa shape index (κ3) is 7.83. The van der Waals surface area contributed by atoms with Crippen LogP contribution >= 0.6 is 15.9 Å². The summed E-state index contributed by atoms with van der Waals surface area (Å²) in [5.41, 5.74) is 3.70. The maximum absolute atomic E-state index is 14.5. The van der Waals surface area contributed by atoms with E-state index >= 15 is 0 Å². The highest BCUT2D eigenvalue weighted by Crippen LogP contribution is 2.60. The Balaban J connectivity index is 1.30. The Morgan fingerprint density at radius 3 is 2.00 bits per heavy atom. The van der Waals surface area contributed by atoms with Crippen molar-refractivity contribution in [3.8, 4) is 0 Å². The fourth-order valence-electron chi connectivity index (χ4n) is 8.84. The molecule has 2 atom stereocenters. The summed E-state index contributed by atoms with van der Waals surface area (Å²) < 4.78 is 28.8. The number of anilines is 1. The van der Waals surface area contributed by atoms with Crippen molar-refractivity contribution in [2.75, 3.05) is 17.1 Å². The second kappa shape index (κ2) is 14.4. The van der Waals surface area contributed by atoms with Gasteiger partial charge in [-0.05, 0) is 116 Å². The Labute approximate surface area is 294 Å². The van der Waals surface area contributed by atoms with Gasteiger partial charge in [0, 0.05) is 23.5 Å². The molecule has 0 saturated heterocycles. The monoisotopic (exact) mass is 733 g/mol. The predicted octanol–water partition coefficient (Wildman–Crippen LogP) is 7.24. The van der Waals surface area contributed by atoms with Crippen molar-refractivity contribution in [1.29, 1.82) is 0 Å². The number of nitrogens with one attached hydrogen (secondary N) is 1. The normalized spacial score (nSPS) is 24.1. The minimum atomic E-state index is -3.83. The van der Waals surface area contributed by atoms with Crippen LogP contribution in [0.15, 0.2) is 83.3 Å². The van der Waals surface area contributed by atoms with Gasteiger partial charge in [0.05, 0.1) is 11.9 Å². The van der Waals surface area contributed by atoms with Crippen LogP contribution in [0, 0.1) is 17.8 Å². The molecular formula is C39H48BrN3O4S. The Kier molecular flexibility index (Phi) is 10.4. The molecule has 9 heteroatoms. The van der Waals surface area contributed by atoms with Crippen LogP contribution in [0.3, 0.4) is 0 Å². The lowest BCUT2D eigenvalue weighted by molar-refractivity contribution is -0.140. The standard InChI is InChI=1S/C39H48BrN3O4S/c1-4-27(2)41-38(45)36(21-28-8-6-5-7-9-28)42(25-29-10-14-34(40)15-11-29)37(44)26-43(48(3,46)47)35-16-12-33(13-17-35)39-22-30-18-31(23-39)20-32(19-30)24-39/h5-17,27,30-32,36H,4,18-26H2,1-3H3,(H,41,45). The molecular weight excluding hydrogens is 686 g/mol. The third-order valence-corrected chi connectivity index (χ3v) is 12.7. The van der Waals surface area contributed by atoms with Gasteiger partial charge < -0.3 is 10.2 Å². The second-order valence-corrected chi connectivity index (χ2v) is 17.5. The molecule has 2 amide bonds. The lowest BCUT2D eigenvalue weighted by Gasteiger charge is -2.57. The summed E-state index contributed by atoms with van der Waals surface area (Å²) in [5, 5.41) is 3.08. The number of sulfonamides is 1. The van der Waals surface area contributed by atoms with E-state index in [9.17, 15) is 18.0 Å². The molecule has 4 aliphatic rings. The minimum Gasteiger partial charge on any atom is -0.352 e. The molecule has 0 spiro atoms. The van der Waals surface area contributed by atoms with E-state index in [-0.39, 0.29) is 23.9 Å². The van der Waals surface area contributed by atoms with E-state index in [1.54, 1.807) is 4.90 Å². The van der Waals surface area contributed by atoms with Crippen LogP contribution in [-0.2, 0) is 38.0 Å². The van der Waals surface area contributed by atoms with Crippen LogP contribution in [0.25, 0.3) is 0 Å². The van der Waals surface area contributed by atoms with E-state index in [4.69, 9.17) is 0 Å². The highest BCUT2D eigenvalue weighted by molar-refractivity contribution is 9.10. The molecule has 3 aromatic carbocycles. The number of rotatable bonds is 13.